The van der Waals surface area contributed by atoms with Crippen LogP contribution in [0.15, 0.2) is 36.8 Å². The van der Waals surface area contributed by atoms with Gasteiger partial charge in [0.15, 0.2) is 5.69 Å². The summed E-state index contributed by atoms with van der Waals surface area (Å²) in [5.74, 6) is 1.05. The molecule has 3 aliphatic rings. The van der Waals surface area contributed by atoms with Crippen molar-refractivity contribution in [3.05, 3.63) is 70.8 Å². The van der Waals surface area contributed by atoms with E-state index >= 15 is 0 Å². The minimum Gasteiger partial charge on any atom is -0.493 e. The van der Waals surface area contributed by atoms with Gasteiger partial charge >= 0.3 is 0 Å². The lowest BCUT2D eigenvalue weighted by atomic mass is 10.00. The standard InChI is InChI=1S/C28H27FN6O3/c1-16-2-3-18-21-11-31-28(30-10-20-19-7-9-38-24(19)5-4-22(20)29)35-15-32-25(26(21)35)27(36)34(13-23(18)33-16)12-17-6-8-37-14-17/h2-5,11,15,17H,6-10,12-14H2,1H3,(H,30,31). The first-order chi connectivity index (χ1) is 18.6. The van der Waals surface area contributed by atoms with Crippen LogP contribution in [-0.4, -0.2) is 56.5 Å². The number of hydrogen-bond acceptors (Lipinski definition) is 7. The molecule has 0 radical (unpaired) electrons. The van der Waals surface area contributed by atoms with Crippen molar-refractivity contribution >= 4 is 17.4 Å². The number of nitrogens with zero attached hydrogens (tertiary/aromatic N) is 5. The molecular weight excluding hydrogens is 487 g/mol. The van der Waals surface area contributed by atoms with Gasteiger partial charge in [-0.3, -0.25) is 14.2 Å². The highest BCUT2D eigenvalue weighted by atomic mass is 19.1. The second-order valence-electron chi connectivity index (χ2n) is 10.1. The Morgan fingerprint density at radius 3 is 2.95 bits per heavy atom. The highest BCUT2D eigenvalue weighted by molar-refractivity contribution is 6.04. The van der Waals surface area contributed by atoms with Crippen molar-refractivity contribution in [1.82, 2.24) is 24.3 Å². The van der Waals surface area contributed by atoms with E-state index in [-0.39, 0.29) is 24.2 Å². The number of halogens is 1. The summed E-state index contributed by atoms with van der Waals surface area (Å²) >= 11 is 0. The molecule has 1 N–H and O–H groups in total. The number of ether oxygens (including phenoxy) is 2. The molecule has 9 nitrogen and oxygen atoms in total. The Balaban J connectivity index is 1.31. The lowest BCUT2D eigenvalue weighted by Gasteiger charge is -2.27. The number of aryl methyl sites for hydroxylation is 1. The maximum absolute atomic E-state index is 14.8. The monoisotopic (exact) mass is 514 g/mol. The maximum atomic E-state index is 14.8. The highest BCUT2D eigenvalue weighted by Crippen LogP contribution is 2.35. The quantitative estimate of drug-likeness (QED) is 0.433. The number of carbonyl (C=O) groups is 1. The molecule has 6 heterocycles. The van der Waals surface area contributed by atoms with Crippen molar-refractivity contribution in [3.8, 4) is 16.9 Å². The second-order valence-corrected chi connectivity index (χ2v) is 10.1. The maximum Gasteiger partial charge on any atom is 0.275 e. The van der Waals surface area contributed by atoms with Gasteiger partial charge in [-0.05, 0) is 31.5 Å². The Bertz CT molecular complexity index is 1580. The predicted octanol–water partition coefficient (Wildman–Crippen LogP) is 3.78. The van der Waals surface area contributed by atoms with Crippen LogP contribution in [0, 0.1) is 18.7 Å². The van der Waals surface area contributed by atoms with Gasteiger partial charge in [-0.1, -0.05) is 6.07 Å². The Morgan fingerprint density at radius 1 is 1.16 bits per heavy atom. The topological polar surface area (TPSA) is 93.9 Å². The van der Waals surface area contributed by atoms with E-state index < -0.39 is 0 Å². The summed E-state index contributed by atoms with van der Waals surface area (Å²) in [5, 5.41) is 3.28. The molecule has 1 amide bonds. The Hall–Kier alpha value is -4.05. The molecule has 0 spiro atoms. The van der Waals surface area contributed by atoms with Crippen molar-refractivity contribution in [2.45, 2.75) is 32.9 Å². The first kappa shape index (κ1) is 23.1. The number of pyridine rings is 1. The largest absolute Gasteiger partial charge is 0.493 e. The fourth-order valence-corrected chi connectivity index (χ4v) is 5.74. The van der Waals surface area contributed by atoms with E-state index in [1.807, 2.05) is 24.0 Å². The third kappa shape index (κ3) is 3.78. The molecule has 3 aliphatic heterocycles. The van der Waals surface area contributed by atoms with Crippen molar-refractivity contribution in [3.63, 3.8) is 0 Å². The predicted molar refractivity (Wildman–Crippen MR) is 138 cm³/mol. The number of anilines is 1. The average Bonchev–Trinajstić information content (AvgIpc) is 3.68. The lowest BCUT2D eigenvalue weighted by Crippen LogP contribution is -2.36. The van der Waals surface area contributed by atoms with Crippen LogP contribution >= 0.6 is 0 Å². The zero-order chi connectivity index (χ0) is 25.8. The van der Waals surface area contributed by atoms with Crippen LogP contribution in [0.1, 0.15) is 39.4 Å². The number of imidazole rings is 1. The molecule has 1 unspecified atom stereocenters. The number of amides is 1. The summed E-state index contributed by atoms with van der Waals surface area (Å²) in [5.41, 5.74) is 5.90. The van der Waals surface area contributed by atoms with E-state index in [1.165, 1.54) is 6.07 Å². The number of aromatic nitrogens is 4. The Kier molecular flexibility index (Phi) is 5.50. The first-order valence-corrected chi connectivity index (χ1v) is 12.9. The van der Waals surface area contributed by atoms with Crippen molar-refractivity contribution in [1.29, 1.82) is 0 Å². The average molecular weight is 515 g/mol. The van der Waals surface area contributed by atoms with E-state index in [0.29, 0.717) is 55.4 Å². The molecule has 38 heavy (non-hydrogen) atoms. The normalized spacial score (nSPS) is 18.2. The molecule has 0 saturated carbocycles. The Morgan fingerprint density at radius 2 is 2.08 bits per heavy atom. The van der Waals surface area contributed by atoms with Gasteiger partial charge in [-0.2, -0.15) is 0 Å². The summed E-state index contributed by atoms with van der Waals surface area (Å²) < 4.78 is 27.7. The van der Waals surface area contributed by atoms with Gasteiger partial charge in [-0.25, -0.2) is 14.4 Å². The molecule has 0 aliphatic carbocycles. The van der Waals surface area contributed by atoms with Crippen LogP contribution in [0.4, 0.5) is 10.3 Å². The van der Waals surface area contributed by atoms with E-state index in [0.717, 1.165) is 46.9 Å². The third-order valence-corrected chi connectivity index (χ3v) is 7.67. The fourth-order valence-electron chi connectivity index (χ4n) is 5.74. The molecule has 1 atom stereocenters. The highest BCUT2D eigenvalue weighted by Gasteiger charge is 2.31. The first-order valence-electron chi connectivity index (χ1n) is 12.9. The van der Waals surface area contributed by atoms with Gasteiger partial charge < -0.3 is 19.7 Å². The fraction of sp³-hybridized carbons (Fsp3) is 0.357. The smallest absolute Gasteiger partial charge is 0.275 e. The molecule has 1 saturated heterocycles. The SMILES string of the molecule is Cc1ccc2c(n1)CN(CC1CCOC1)C(=O)c1ncn3c(NCc4c(F)ccc5c4CCO5)ncc-2c13. The van der Waals surface area contributed by atoms with Gasteiger partial charge in [0.1, 0.15) is 17.9 Å². The summed E-state index contributed by atoms with van der Waals surface area (Å²) in [6, 6.07) is 7.11. The second kappa shape index (κ2) is 9.05. The zero-order valence-electron chi connectivity index (χ0n) is 21.0. The van der Waals surface area contributed by atoms with Crippen molar-refractivity contribution in [2.75, 3.05) is 31.7 Å². The molecule has 0 bridgehead atoms. The van der Waals surface area contributed by atoms with Crippen LogP contribution in [0.25, 0.3) is 16.6 Å². The minimum absolute atomic E-state index is 0.143. The van der Waals surface area contributed by atoms with E-state index in [2.05, 4.69) is 15.3 Å². The molecule has 3 aromatic heterocycles. The van der Waals surface area contributed by atoms with E-state index in [4.69, 9.17) is 14.5 Å². The molecule has 4 aromatic rings. The molecule has 1 aromatic carbocycles. The number of benzene rings is 1. The van der Waals surface area contributed by atoms with Crippen LogP contribution in [0.3, 0.4) is 0 Å². The lowest BCUT2D eigenvalue weighted by molar-refractivity contribution is 0.0700. The van der Waals surface area contributed by atoms with Crippen LogP contribution in [0.2, 0.25) is 0 Å². The minimum atomic E-state index is -0.285. The van der Waals surface area contributed by atoms with Crippen LogP contribution in [0.5, 0.6) is 5.75 Å². The Labute approximate surface area is 218 Å². The van der Waals surface area contributed by atoms with Crippen molar-refractivity contribution < 1.29 is 18.7 Å². The number of nitrogens with one attached hydrogen (secondary N) is 1. The summed E-state index contributed by atoms with van der Waals surface area (Å²) in [7, 11) is 0. The molecular formula is C28H27FN6O3. The molecule has 7 rings (SSSR count). The summed E-state index contributed by atoms with van der Waals surface area (Å²) in [4.78, 5) is 29.7. The molecule has 1 fully saturated rings. The van der Waals surface area contributed by atoms with Gasteiger partial charge in [-0.15, -0.1) is 0 Å². The third-order valence-electron chi connectivity index (χ3n) is 7.67. The van der Waals surface area contributed by atoms with Crippen molar-refractivity contribution in [2.24, 2.45) is 5.92 Å². The van der Waals surface area contributed by atoms with Crippen LogP contribution < -0.4 is 10.1 Å². The number of rotatable bonds is 5. The summed E-state index contributed by atoms with van der Waals surface area (Å²) in [6.45, 7) is 5.07. The van der Waals surface area contributed by atoms with Crippen LogP contribution in [-0.2, 0) is 24.2 Å². The number of fused-ring (bicyclic) bond motifs is 3. The number of hydrogen-bond donors (Lipinski definition) is 1. The van der Waals surface area contributed by atoms with E-state index in [1.54, 1.807) is 23.0 Å². The van der Waals surface area contributed by atoms with Gasteiger partial charge in [0.2, 0.25) is 5.95 Å². The van der Waals surface area contributed by atoms with Gasteiger partial charge in [0.05, 0.1) is 31.0 Å². The molecule has 10 heteroatoms. The van der Waals surface area contributed by atoms with E-state index in [9.17, 15) is 9.18 Å². The molecule has 194 valence electrons. The summed E-state index contributed by atoms with van der Waals surface area (Å²) in [6.07, 6.45) is 4.96. The van der Waals surface area contributed by atoms with Gasteiger partial charge in [0.25, 0.3) is 5.91 Å². The van der Waals surface area contributed by atoms with Gasteiger partial charge in [0, 0.05) is 66.2 Å². The number of carbonyl (C=O) groups excluding carboxylic acids is 1. The zero-order valence-corrected chi connectivity index (χ0v) is 21.0.